The second-order valence-electron chi connectivity index (χ2n) is 3.65. The lowest BCUT2D eigenvalue weighted by molar-refractivity contribution is 0.583. The maximum Gasteiger partial charge on any atom is 0.169 e. The third-order valence-electron chi connectivity index (χ3n) is 2.60. The number of nitriles is 1. The molecule has 1 aromatic heterocycles. The van der Waals surface area contributed by atoms with Crippen molar-refractivity contribution in [2.75, 3.05) is 5.75 Å². The maximum atomic E-state index is 8.60. The highest BCUT2D eigenvalue weighted by molar-refractivity contribution is 7.99. The van der Waals surface area contributed by atoms with Crippen LogP contribution in [0, 0.1) is 11.3 Å². The van der Waals surface area contributed by atoms with Crippen molar-refractivity contribution in [3.63, 3.8) is 0 Å². The van der Waals surface area contributed by atoms with Crippen molar-refractivity contribution in [3.8, 4) is 6.07 Å². The van der Waals surface area contributed by atoms with E-state index in [0.29, 0.717) is 5.75 Å². The molecule has 0 N–H and O–H groups in total. The molecule has 1 aromatic carbocycles. The topological polar surface area (TPSA) is 41.6 Å². The van der Waals surface area contributed by atoms with Gasteiger partial charge in [-0.2, -0.15) is 5.26 Å². The standard InChI is InChI=1S/C13H13N3S/c1-11(12-5-3-2-4-6-12)16-9-8-15-13(16)17-10-7-14/h2-6,8-9,11H,10H2,1H3. The van der Waals surface area contributed by atoms with E-state index in [-0.39, 0.29) is 6.04 Å². The molecule has 0 saturated heterocycles. The first-order chi connectivity index (χ1) is 8.33. The van der Waals surface area contributed by atoms with E-state index in [0.717, 1.165) is 5.16 Å². The molecule has 0 amide bonds. The molecule has 0 aliphatic heterocycles. The quantitative estimate of drug-likeness (QED) is 0.775. The van der Waals surface area contributed by atoms with E-state index in [1.54, 1.807) is 6.20 Å². The molecule has 17 heavy (non-hydrogen) atoms. The second kappa shape index (κ2) is 5.55. The average Bonchev–Trinajstić information content (AvgIpc) is 2.84. The predicted octanol–water partition coefficient (Wildman–Crippen LogP) is 3.11. The summed E-state index contributed by atoms with van der Waals surface area (Å²) < 4.78 is 2.09. The lowest BCUT2D eigenvalue weighted by atomic mass is 10.1. The highest BCUT2D eigenvalue weighted by Crippen LogP contribution is 2.24. The van der Waals surface area contributed by atoms with Gasteiger partial charge in [-0.05, 0) is 12.5 Å². The number of thioether (sulfide) groups is 1. The van der Waals surface area contributed by atoms with Gasteiger partial charge in [0, 0.05) is 12.4 Å². The minimum Gasteiger partial charge on any atom is -0.319 e. The lowest BCUT2D eigenvalue weighted by Crippen LogP contribution is -2.07. The molecule has 86 valence electrons. The summed E-state index contributed by atoms with van der Waals surface area (Å²) in [6.45, 7) is 2.13. The molecule has 3 nitrogen and oxygen atoms in total. The third-order valence-corrected chi connectivity index (χ3v) is 3.45. The van der Waals surface area contributed by atoms with Gasteiger partial charge in [-0.25, -0.2) is 4.98 Å². The average molecular weight is 243 g/mol. The van der Waals surface area contributed by atoms with Crippen LogP contribution in [0.4, 0.5) is 0 Å². The molecule has 1 heterocycles. The van der Waals surface area contributed by atoms with Gasteiger partial charge in [0.2, 0.25) is 0 Å². The molecule has 0 aliphatic carbocycles. The first-order valence-corrected chi connectivity index (χ1v) is 6.39. The molecule has 0 fully saturated rings. The van der Waals surface area contributed by atoms with Crippen molar-refractivity contribution in [3.05, 3.63) is 48.3 Å². The van der Waals surface area contributed by atoms with Crippen molar-refractivity contribution < 1.29 is 0 Å². The Hall–Kier alpha value is -1.73. The monoisotopic (exact) mass is 243 g/mol. The van der Waals surface area contributed by atoms with Gasteiger partial charge in [0.1, 0.15) is 0 Å². The van der Waals surface area contributed by atoms with Crippen LogP contribution in [0.25, 0.3) is 0 Å². The molecule has 1 atom stereocenters. The van der Waals surface area contributed by atoms with Crippen LogP contribution in [0.1, 0.15) is 18.5 Å². The Bertz CT molecular complexity index is 513. The van der Waals surface area contributed by atoms with Gasteiger partial charge in [-0.3, -0.25) is 0 Å². The van der Waals surface area contributed by atoms with Crippen LogP contribution in [0.15, 0.2) is 47.9 Å². The Morgan fingerprint density at radius 3 is 2.88 bits per heavy atom. The summed E-state index contributed by atoms with van der Waals surface area (Å²) in [6, 6.07) is 12.6. The van der Waals surface area contributed by atoms with Gasteiger partial charge in [0.25, 0.3) is 0 Å². The van der Waals surface area contributed by atoms with Gasteiger partial charge in [-0.15, -0.1) is 0 Å². The summed E-state index contributed by atoms with van der Waals surface area (Å²) >= 11 is 1.47. The fraction of sp³-hybridized carbons (Fsp3) is 0.231. The minimum absolute atomic E-state index is 0.236. The summed E-state index contributed by atoms with van der Waals surface area (Å²) in [5.74, 6) is 0.429. The van der Waals surface area contributed by atoms with Crippen LogP contribution < -0.4 is 0 Å². The zero-order valence-corrected chi connectivity index (χ0v) is 10.4. The first-order valence-electron chi connectivity index (χ1n) is 5.40. The number of hydrogen-bond donors (Lipinski definition) is 0. The molecule has 0 aliphatic rings. The zero-order chi connectivity index (χ0) is 12.1. The number of imidazole rings is 1. The van der Waals surface area contributed by atoms with E-state index in [9.17, 15) is 0 Å². The van der Waals surface area contributed by atoms with Crippen LogP contribution in [-0.4, -0.2) is 15.3 Å². The van der Waals surface area contributed by atoms with Gasteiger partial charge in [0.15, 0.2) is 5.16 Å². The van der Waals surface area contributed by atoms with E-state index in [2.05, 4.69) is 34.7 Å². The molecule has 0 spiro atoms. The van der Waals surface area contributed by atoms with Crippen molar-refractivity contribution in [2.24, 2.45) is 0 Å². The fourth-order valence-electron chi connectivity index (χ4n) is 1.69. The Balaban J connectivity index is 2.23. The van der Waals surface area contributed by atoms with Gasteiger partial charge in [0.05, 0.1) is 17.9 Å². The zero-order valence-electron chi connectivity index (χ0n) is 9.58. The molecular weight excluding hydrogens is 230 g/mol. The van der Waals surface area contributed by atoms with Crippen molar-refractivity contribution >= 4 is 11.8 Å². The Morgan fingerprint density at radius 1 is 1.41 bits per heavy atom. The molecule has 0 saturated carbocycles. The largest absolute Gasteiger partial charge is 0.319 e. The minimum atomic E-state index is 0.236. The summed E-state index contributed by atoms with van der Waals surface area (Å²) in [4.78, 5) is 4.28. The predicted molar refractivity (Wildman–Crippen MR) is 68.8 cm³/mol. The van der Waals surface area contributed by atoms with Crippen LogP contribution in [-0.2, 0) is 0 Å². The van der Waals surface area contributed by atoms with Gasteiger partial charge >= 0.3 is 0 Å². The summed E-state index contributed by atoms with van der Waals surface area (Å²) in [7, 11) is 0. The molecule has 0 bridgehead atoms. The molecular formula is C13H13N3S. The number of nitrogens with zero attached hydrogens (tertiary/aromatic N) is 3. The smallest absolute Gasteiger partial charge is 0.169 e. The normalized spacial score (nSPS) is 12.0. The van der Waals surface area contributed by atoms with Gasteiger partial charge in [-0.1, -0.05) is 42.1 Å². The highest BCUT2D eigenvalue weighted by Gasteiger charge is 2.11. The molecule has 2 rings (SSSR count). The van der Waals surface area contributed by atoms with Crippen LogP contribution in [0.5, 0.6) is 0 Å². The number of benzene rings is 1. The van der Waals surface area contributed by atoms with E-state index in [1.165, 1.54) is 17.3 Å². The molecule has 1 unspecified atom stereocenters. The summed E-state index contributed by atoms with van der Waals surface area (Å²) in [5, 5.41) is 9.50. The van der Waals surface area contributed by atoms with Crippen LogP contribution in [0.2, 0.25) is 0 Å². The third kappa shape index (κ3) is 2.69. The molecule has 2 aromatic rings. The number of aromatic nitrogens is 2. The second-order valence-corrected chi connectivity index (χ2v) is 4.59. The van der Waals surface area contributed by atoms with E-state index < -0.39 is 0 Å². The summed E-state index contributed by atoms with van der Waals surface area (Å²) in [5.41, 5.74) is 1.24. The SMILES string of the molecule is CC(c1ccccc1)n1ccnc1SCC#N. The molecule has 0 radical (unpaired) electrons. The van der Waals surface area contributed by atoms with Crippen molar-refractivity contribution in [1.29, 1.82) is 5.26 Å². The Labute approximate surface area is 105 Å². The van der Waals surface area contributed by atoms with E-state index in [1.807, 2.05) is 24.4 Å². The summed E-state index contributed by atoms with van der Waals surface area (Å²) in [6.07, 6.45) is 3.73. The maximum absolute atomic E-state index is 8.60. The number of rotatable bonds is 4. The van der Waals surface area contributed by atoms with Crippen LogP contribution in [0.3, 0.4) is 0 Å². The molecule has 4 heteroatoms. The van der Waals surface area contributed by atoms with Gasteiger partial charge < -0.3 is 4.57 Å². The highest BCUT2D eigenvalue weighted by atomic mass is 32.2. The van der Waals surface area contributed by atoms with Crippen molar-refractivity contribution in [2.45, 2.75) is 18.1 Å². The lowest BCUT2D eigenvalue weighted by Gasteiger charge is -2.15. The fourth-order valence-corrected chi connectivity index (χ4v) is 2.39. The van der Waals surface area contributed by atoms with Crippen molar-refractivity contribution in [1.82, 2.24) is 9.55 Å². The first kappa shape index (κ1) is 11.7. The number of hydrogen-bond acceptors (Lipinski definition) is 3. The van der Waals surface area contributed by atoms with E-state index >= 15 is 0 Å². The Kier molecular flexibility index (Phi) is 3.84. The van der Waals surface area contributed by atoms with E-state index in [4.69, 9.17) is 5.26 Å². The van der Waals surface area contributed by atoms with Crippen LogP contribution >= 0.6 is 11.8 Å². The Morgan fingerprint density at radius 2 is 2.18 bits per heavy atom.